The van der Waals surface area contributed by atoms with E-state index in [0.717, 1.165) is 12.2 Å². The molecule has 0 aromatic heterocycles. The van der Waals surface area contributed by atoms with Gasteiger partial charge in [-0.05, 0) is 36.8 Å². The highest BCUT2D eigenvalue weighted by atomic mass is 32.2. The van der Waals surface area contributed by atoms with E-state index < -0.39 is 5.82 Å². The van der Waals surface area contributed by atoms with E-state index in [-0.39, 0.29) is 12.5 Å². The van der Waals surface area contributed by atoms with Gasteiger partial charge in [-0.15, -0.1) is 0 Å². The van der Waals surface area contributed by atoms with Crippen LogP contribution in [0.2, 0.25) is 0 Å². The van der Waals surface area contributed by atoms with E-state index >= 15 is 0 Å². The highest BCUT2D eigenvalue weighted by Crippen LogP contribution is 2.24. The van der Waals surface area contributed by atoms with E-state index in [1.165, 1.54) is 31.0 Å². The molecular formula is C16H18FNO2S. The van der Waals surface area contributed by atoms with Crippen LogP contribution in [0, 0.1) is 17.7 Å². The number of aliphatic hydroxyl groups excluding tert-OH is 1. The van der Waals surface area contributed by atoms with Gasteiger partial charge in [-0.2, -0.15) is 11.8 Å². The van der Waals surface area contributed by atoms with Crippen LogP contribution in [0.25, 0.3) is 0 Å². The van der Waals surface area contributed by atoms with Gasteiger partial charge in [-0.3, -0.25) is 4.79 Å². The van der Waals surface area contributed by atoms with E-state index in [1.807, 2.05) is 11.8 Å². The summed E-state index contributed by atoms with van der Waals surface area (Å²) in [5, 5.41) is 12.1. The van der Waals surface area contributed by atoms with Crippen LogP contribution in [0.15, 0.2) is 18.2 Å². The summed E-state index contributed by atoms with van der Waals surface area (Å²) in [6, 6.07) is 3.89. The molecule has 112 valence electrons. The number of carbonyl (C=O) groups excluding carboxylic acids is 1. The number of amides is 1. The number of nitrogens with one attached hydrogen (secondary N) is 1. The first kappa shape index (κ1) is 15.9. The molecule has 5 heteroatoms. The zero-order chi connectivity index (χ0) is 15.1. The van der Waals surface area contributed by atoms with Crippen molar-refractivity contribution in [3.05, 3.63) is 35.1 Å². The second kappa shape index (κ2) is 8.06. The third-order valence-corrected chi connectivity index (χ3v) is 4.69. The number of hydrogen-bond donors (Lipinski definition) is 2. The standard InChI is InChI=1S/C16H18FNO2S/c17-13-6-7-15(12(10-13)4-3-8-19)16(20)18-11-14-5-1-2-9-21-14/h6-7,10,14,19H,1-2,5,8-9,11H2,(H,18,20). The summed E-state index contributed by atoms with van der Waals surface area (Å²) in [7, 11) is 0. The van der Waals surface area contributed by atoms with Crippen molar-refractivity contribution in [3.63, 3.8) is 0 Å². The lowest BCUT2D eigenvalue weighted by molar-refractivity contribution is 0.0953. The fraction of sp³-hybridized carbons (Fsp3) is 0.438. The molecule has 2 rings (SSSR count). The average molecular weight is 307 g/mol. The molecule has 0 radical (unpaired) electrons. The summed E-state index contributed by atoms with van der Waals surface area (Å²) in [4.78, 5) is 12.2. The third kappa shape index (κ3) is 4.76. The molecule has 1 aliphatic heterocycles. The maximum absolute atomic E-state index is 13.2. The van der Waals surface area contributed by atoms with Gasteiger partial charge in [0.05, 0.1) is 5.56 Å². The predicted octanol–water partition coefficient (Wildman–Crippen LogP) is 2.19. The fourth-order valence-corrected chi connectivity index (χ4v) is 3.46. The molecule has 2 N–H and O–H groups in total. The number of carbonyl (C=O) groups is 1. The highest BCUT2D eigenvalue weighted by molar-refractivity contribution is 7.99. The molecule has 1 aliphatic rings. The number of rotatable bonds is 3. The van der Waals surface area contributed by atoms with Gasteiger partial charge < -0.3 is 10.4 Å². The van der Waals surface area contributed by atoms with E-state index in [4.69, 9.17) is 5.11 Å². The van der Waals surface area contributed by atoms with Crippen LogP contribution in [0.3, 0.4) is 0 Å². The Balaban J connectivity index is 2.03. The van der Waals surface area contributed by atoms with Crippen LogP contribution in [0.4, 0.5) is 4.39 Å². The molecule has 21 heavy (non-hydrogen) atoms. The Morgan fingerprint density at radius 2 is 2.33 bits per heavy atom. The quantitative estimate of drug-likeness (QED) is 0.842. The second-order valence-electron chi connectivity index (χ2n) is 4.85. The molecule has 1 fully saturated rings. The number of aliphatic hydroxyl groups is 1. The van der Waals surface area contributed by atoms with Gasteiger partial charge in [0.1, 0.15) is 12.4 Å². The van der Waals surface area contributed by atoms with Gasteiger partial charge in [-0.25, -0.2) is 4.39 Å². The van der Waals surface area contributed by atoms with Gasteiger partial charge >= 0.3 is 0 Å². The van der Waals surface area contributed by atoms with Crippen LogP contribution in [-0.4, -0.2) is 35.2 Å². The Labute approximate surface area is 128 Å². The normalized spacial score (nSPS) is 17.7. The van der Waals surface area contributed by atoms with Crippen LogP contribution in [-0.2, 0) is 0 Å². The van der Waals surface area contributed by atoms with Crippen LogP contribution < -0.4 is 5.32 Å². The predicted molar refractivity (Wildman–Crippen MR) is 82.8 cm³/mol. The molecule has 1 heterocycles. The summed E-state index contributed by atoms with van der Waals surface area (Å²) in [5.41, 5.74) is 0.649. The van der Waals surface area contributed by atoms with Crippen molar-refractivity contribution < 1.29 is 14.3 Å². The highest BCUT2D eigenvalue weighted by Gasteiger charge is 2.16. The van der Waals surface area contributed by atoms with E-state index in [9.17, 15) is 9.18 Å². The first-order valence-electron chi connectivity index (χ1n) is 7.00. The van der Waals surface area contributed by atoms with Crippen molar-refractivity contribution in [2.24, 2.45) is 0 Å². The number of halogens is 1. The third-order valence-electron chi connectivity index (χ3n) is 3.29. The first-order valence-corrected chi connectivity index (χ1v) is 8.04. The zero-order valence-electron chi connectivity index (χ0n) is 11.7. The molecule has 0 spiro atoms. The molecule has 1 saturated heterocycles. The van der Waals surface area contributed by atoms with Gasteiger partial charge in [0.25, 0.3) is 5.91 Å². The van der Waals surface area contributed by atoms with E-state index in [1.54, 1.807) is 0 Å². The smallest absolute Gasteiger partial charge is 0.252 e. The molecule has 1 amide bonds. The van der Waals surface area contributed by atoms with Crippen molar-refractivity contribution in [3.8, 4) is 11.8 Å². The van der Waals surface area contributed by atoms with Crippen molar-refractivity contribution in [2.75, 3.05) is 18.9 Å². The fourth-order valence-electron chi connectivity index (χ4n) is 2.22. The maximum atomic E-state index is 13.2. The van der Waals surface area contributed by atoms with Crippen molar-refractivity contribution >= 4 is 17.7 Å². The first-order chi connectivity index (χ1) is 10.2. The molecule has 1 unspecified atom stereocenters. The minimum atomic E-state index is -0.448. The SMILES string of the molecule is O=C(NCC1CCCCS1)c1ccc(F)cc1C#CCO. The summed E-state index contributed by atoms with van der Waals surface area (Å²) >= 11 is 1.89. The van der Waals surface area contributed by atoms with Crippen LogP contribution in [0.1, 0.15) is 35.2 Å². The molecule has 0 saturated carbocycles. The summed E-state index contributed by atoms with van der Waals surface area (Å²) < 4.78 is 13.2. The lowest BCUT2D eigenvalue weighted by Crippen LogP contribution is -2.32. The Morgan fingerprint density at radius 3 is 3.05 bits per heavy atom. The Hall–Kier alpha value is -1.51. The number of benzene rings is 1. The average Bonchev–Trinajstić information content (AvgIpc) is 2.51. The Morgan fingerprint density at radius 1 is 1.48 bits per heavy atom. The van der Waals surface area contributed by atoms with Crippen LogP contribution >= 0.6 is 11.8 Å². The molecule has 3 nitrogen and oxygen atoms in total. The zero-order valence-corrected chi connectivity index (χ0v) is 12.5. The summed E-state index contributed by atoms with van der Waals surface area (Å²) in [6.45, 7) is 0.296. The molecule has 1 atom stereocenters. The Kier molecular flexibility index (Phi) is 6.09. The van der Waals surface area contributed by atoms with Crippen molar-refractivity contribution in [2.45, 2.75) is 24.5 Å². The lowest BCUT2D eigenvalue weighted by atomic mass is 10.1. The largest absolute Gasteiger partial charge is 0.384 e. The van der Waals surface area contributed by atoms with Crippen molar-refractivity contribution in [1.29, 1.82) is 0 Å². The minimum absolute atomic E-state index is 0.247. The second-order valence-corrected chi connectivity index (χ2v) is 6.26. The number of hydrogen-bond acceptors (Lipinski definition) is 3. The van der Waals surface area contributed by atoms with Gasteiger partial charge in [0.2, 0.25) is 0 Å². The maximum Gasteiger partial charge on any atom is 0.252 e. The van der Waals surface area contributed by atoms with Crippen molar-refractivity contribution in [1.82, 2.24) is 5.32 Å². The summed E-state index contributed by atoms with van der Waals surface area (Å²) in [6.07, 6.45) is 3.57. The molecule has 0 aliphatic carbocycles. The molecule has 1 aromatic rings. The van der Waals surface area contributed by atoms with Gasteiger partial charge in [0.15, 0.2) is 0 Å². The Bertz CT molecular complexity index is 559. The van der Waals surface area contributed by atoms with E-state index in [0.29, 0.717) is 22.9 Å². The topological polar surface area (TPSA) is 49.3 Å². The monoisotopic (exact) mass is 307 g/mol. The minimum Gasteiger partial charge on any atom is -0.384 e. The van der Waals surface area contributed by atoms with E-state index in [2.05, 4.69) is 17.2 Å². The molecular weight excluding hydrogens is 289 g/mol. The van der Waals surface area contributed by atoms with Crippen LogP contribution in [0.5, 0.6) is 0 Å². The van der Waals surface area contributed by atoms with Gasteiger partial charge in [0, 0.05) is 17.4 Å². The molecule has 0 bridgehead atoms. The molecule has 1 aromatic carbocycles. The number of thioether (sulfide) groups is 1. The van der Waals surface area contributed by atoms with Gasteiger partial charge in [-0.1, -0.05) is 18.3 Å². The lowest BCUT2D eigenvalue weighted by Gasteiger charge is -2.21. The summed E-state index contributed by atoms with van der Waals surface area (Å²) in [5.74, 6) is 5.51.